The predicted molar refractivity (Wildman–Crippen MR) is 124 cm³/mol. The highest BCUT2D eigenvalue weighted by molar-refractivity contribution is 6.36. The number of nitriles is 1. The Morgan fingerprint density at radius 2 is 1.75 bits per heavy atom. The summed E-state index contributed by atoms with van der Waals surface area (Å²) in [5.41, 5.74) is 1.99. The monoisotopic (exact) mass is 466 g/mol. The van der Waals surface area contributed by atoms with Gasteiger partial charge in [0.2, 0.25) is 0 Å². The summed E-state index contributed by atoms with van der Waals surface area (Å²) in [4.78, 5) is 27.3. The van der Waals surface area contributed by atoms with Gasteiger partial charge in [-0.05, 0) is 48.4 Å². The summed E-state index contributed by atoms with van der Waals surface area (Å²) in [6.45, 7) is 1.74. The van der Waals surface area contributed by atoms with E-state index < -0.39 is 24.0 Å². The summed E-state index contributed by atoms with van der Waals surface area (Å²) < 4.78 is 0. The molecule has 0 spiro atoms. The van der Waals surface area contributed by atoms with E-state index in [4.69, 9.17) is 23.2 Å². The van der Waals surface area contributed by atoms with E-state index in [-0.39, 0.29) is 17.0 Å². The lowest BCUT2D eigenvalue weighted by molar-refractivity contribution is -0.143. The zero-order chi connectivity index (χ0) is 23.3. The van der Waals surface area contributed by atoms with E-state index in [9.17, 15) is 20.0 Å². The molecule has 162 valence electrons. The lowest BCUT2D eigenvalue weighted by atomic mass is 9.97. The molecule has 0 saturated carbocycles. The van der Waals surface area contributed by atoms with Crippen molar-refractivity contribution in [3.8, 4) is 6.07 Å². The third-order valence-corrected chi connectivity index (χ3v) is 5.75. The molecule has 1 N–H and O–H groups in total. The highest BCUT2D eigenvalue weighted by Gasteiger charge is 2.35. The smallest absolute Gasteiger partial charge is 0.326 e. The van der Waals surface area contributed by atoms with Crippen LogP contribution in [0.4, 0.5) is 0 Å². The first-order chi connectivity index (χ1) is 15.3. The molecule has 0 saturated heterocycles. The predicted octanol–water partition coefficient (Wildman–Crippen LogP) is 5.76. The van der Waals surface area contributed by atoms with Gasteiger partial charge in [0.25, 0.3) is 5.91 Å². The Kier molecular flexibility index (Phi) is 7.53. The Bertz CT molecular complexity index is 1180. The van der Waals surface area contributed by atoms with E-state index in [1.54, 1.807) is 31.2 Å². The van der Waals surface area contributed by atoms with E-state index in [2.05, 4.69) is 6.07 Å². The number of rotatable bonds is 7. The molecule has 1 unspecified atom stereocenters. The number of carbonyl (C=O) groups is 2. The van der Waals surface area contributed by atoms with Gasteiger partial charge in [-0.3, -0.25) is 4.79 Å². The molecule has 5 nitrogen and oxygen atoms in total. The van der Waals surface area contributed by atoms with Crippen LogP contribution < -0.4 is 0 Å². The van der Waals surface area contributed by atoms with Gasteiger partial charge in [-0.15, -0.1) is 0 Å². The minimum atomic E-state index is -1.17. The second-order valence-electron chi connectivity index (χ2n) is 7.29. The summed E-state index contributed by atoms with van der Waals surface area (Å²) in [5, 5.41) is 19.9. The largest absolute Gasteiger partial charge is 0.480 e. The zero-order valence-corrected chi connectivity index (χ0v) is 18.7. The lowest BCUT2D eigenvalue weighted by Gasteiger charge is -2.35. The first-order valence-electron chi connectivity index (χ1n) is 9.86. The maximum Gasteiger partial charge on any atom is 0.326 e. The van der Waals surface area contributed by atoms with E-state index >= 15 is 0 Å². The van der Waals surface area contributed by atoms with Crippen molar-refractivity contribution in [2.24, 2.45) is 0 Å². The highest BCUT2D eigenvalue weighted by atomic mass is 35.5. The molecular formula is C25H20Cl2N2O3. The summed E-state index contributed by atoms with van der Waals surface area (Å²) in [6, 6.07) is 20.6. The molecule has 0 aliphatic rings. The number of hydrogen-bond donors (Lipinski definition) is 1. The highest BCUT2D eigenvalue weighted by Crippen LogP contribution is 2.30. The fourth-order valence-electron chi connectivity index (χ4n) is 3.56. The molecule has 0 bridgehead atoms. The molecule has 0 radical (unpaired) electrons. The SMILES string of the molecule is CC(c1cccc(C#N)c1)N(C(=O)c1ccc(Cl)cc1Cl)[C@@H](Cc1ccccc1)C(=O)O. The molecule has 0 heterocycles. The summed E-state index contributed by atoms with van der Waals surface area (Å²) in [5.74, 6) is -1.68. The number of halogens is 2. The number of benzene rings is 3. The molecule has 0 aliphatic carbocycles. The molecule has 0 aromatic heterocycles. The summed E-state index contributed by atoms with van der Waals surface area (Å²) >= 11 is 12.3. The van der Waals surface area contributed by atoms with Gasteiger partial charge in [-0.2, -0.15) is 5.26 Å². The minimum Gasteiger partial charge on any atom is -0.480 e. The normalized spacial score (nSPS) is 12.4. The second kappa shape index (κ2) is 10.3. The Hall–Kier alpha value is -3.33. The Balaban J connectivity index is 2.11. The van der Waals surface area contributed by atoms with Crippen molar-refractivity contribution in [3.05, 3.63) is 105 Å². The first-order valence-corrected chi connectivity index (χ1v) is 10.6. The van der Waals surface area contributed by atoms with Crippen LogP contribution in [0.2, 0.25) is 10.0 Å². The van der Waals surface area contributed by atoms with Crippen LogP contribution in [0.1, 0.15) is 40.0 Å². The van der Waals surface area contributed by atoms with Crippen LogP contribution in [0, 0.1) is 11.3 Å². The van der Waals surface area contributed by atoms with Gasteiger partial charge in [0.1, 0.15) is 6.04 Å². The van der Waals surface area contributed by atoms with Crippen molar-refractivity contribution in [2.45, 2.75) is 25.4 Å². The van der Waals surface area contributed by atoms with Crippen LogP contribution >= 0.6 is 23.2 Å². The number of carboxylic acids is 1. The Labute approximate surface area is 196 Å². The number of amides is 1. The van der Waals surface area contributed by atoms with Gasteiger partial charge in [0.05, 0.1) is 28.3 Å². The van der Waals surface area contributed by atoms with Crippen molar-refractivity contribution in [3.63, 3.8) is 0 Å². The van der Waals surface area contributed by atoms with Gasteiger partial charge in [0, 0.05) is 11.4 Å². The molecule has 3 aromatic rings. The molecule has 3 rings (SSSR count). The van der Waals surface area contributed by atoms with Crippen LogP contribution in [-0.4, -0.2) is 27.9 Å². The van der Waals surface area contributed by atoms with Gasteiger partial charge in [-0.1, -0.05) is 65.7 Å². The van der Waals surface area contributed by atoms with Crippen LogP contribution in [-0.2, 0) is 11.2 Å². The van der Waals surface area contributed by atoms with Gasteiger partial charge >= 0.3 is 5.97 Å². The van der Waals surface area contributed by atoms with E-state index in [0.29, 0.717) is 16.1 Å². The standard InChI is InChI=1S/C25H20Cl2N2O3/c1-16(19-9-5-8-18(12-19)15-28)29(24(30)21-11-10-20(26)14-22(21)27)23(25(31)32)13-17-6-3-2-4-7-17/h2-12,14,16,23H,13H2,1H3,(H,31,32)/t16?,23-/m0/s1. The number of carboxylic acid groups (broad SMARTS) is 1. The van der Waals surface area contributed by atoms with Crippen molar-refractivity contribution in [2.75, 3.05) is 0 Å². The fourth-order valence-corrected chi connectivity index (χ4v) is 4.05. The average molecular weight is 467 g/mol. The molecule has 32 heavy (non-hydrogen) atoms. The van der Waals surface area contributed by atoms with Crippen molar-refractivity contribution < 1.29 is 14.7 Å². The molecule has 3 aromatic carbocycles. The van der Waals surface area contributed by atoms with Gasteiger partial charge in [0.15, 0.2) is 0 Å². The summed E-state index contributed by atoms with van der Waals surface area (Å²) in [7, 11) is 0. The quantitative estimate of drug-likeness (QED) is 0.479. The number of carbonyl (C=O) groups excluding carboxylic acids is 1. The third-order valence-electron chi connectivity index (χ3n) is 5.20. The minimum absolute atomic E-state index is 0.107. The maximum absolute atomic E-state index is 13.7. The molecule has 1 amide bonds. The number of nitrogens with zero attached hydrogens (tertiary/aromatic N) is 2. The van der Waals surface area contributed by atoms with Crippen molar-refractivity contribution in [1.82, 2.24) is 4.90 Å². The van der Waals surface area contributed by atoms with Crippen LogP contribution in [0.5, 0.6) is 0 Å². The van der Waals surface area contributed by atoms with Crippen LogP contribution in [0.25, 0.3) is 0 Å². The Morgan fingerprint density at radius 3 is 2.38 bits per heavy atom. The number of aliphatic carboxylic acids is 1. The van der Waals surface area contributed by atoms with Crippen molar-refractivity contribution in [1.29, 1.82) is 5.26 Å². The average Bonchev–Trinajstić information content (AvgIpc) is 2.79. The Morgan fingerprint density at radius 1 is 1.03 bits per heavy atom. The van der Waals surface area contributed by atoms with Gasteiger partial charge < -0.3 is 10.0 Å². The number of hydrogen-bond acceptors (Lipinski definition) is 3. The molecule has 0 aliphatic heterocycles. The molecular weight excluding hydrogens is 447 g/mol. The van der Waals surface area contributed by atoms with Crippen molar-refractivity contribution >= 4 is 35.1 Å². The fraction of sp³-hybridized carbons (Fsp3) is 0.160. The first kappa shape index (κ1) is 23.3. The van der Waals surface area contributed by atoms with Crippen LogP contribution in [0.15, 0.2) is 72.8 Å². The molecule has 2 atom stereocenters. The molecule has 0 fully saturated rings. The van der Waals surface area contributed by atoms with E-state index in [1.807, 2.05) is 30.3 Å². The zero-order valence-electron chi connectivity index (χ0n) is 17.2. The lowest BCUT2D eigenvalue weighted by Crippen LogP contribution is -2.47. The van der Waals surface area contributed by atoms with Crippen LogP contribution in [0.3, 0.4) is 0 Å². The summed E-state index contributed by atoms with van der Waals surface area (Å²) in [6.07, 6.45) is 0.107. The topological polar surface area (TPSA) is 81.4 Å². The third kappa shape index (κ3) is 5.28. The molecule has 7 heteroatoms. The maximum atomic E-state index is 13.7. The van der Waals surface area contributed by atoms with E-state index in [0.717, 1.165) is 5.56 Å². The van der Waals surface area contributed by atoms with E-state index in [1.165, 1.54) is 23.1 Å². The van der Waals surface area contributed by atoms with Gasteiger partial charge in [-0.25, -0.2) is 4.79 Å². The second-order valence-corrected chi connectivity index (χ2v) is 8.14.